The summed E-state index contributed by atoms with van der Waals surface area (Å²) >= 11 is 0. The van der Waals surface area contributed by atoms with Crippen molar-refractivity contribution in [1.82, 2.24) is 9.97 Å². The Morgan fingerprint density at radius 1 is 1.16 bits per heavy atom. The third kappa shape index (κ3) is 3.02. The molecule has 0 saturated carbocycles. The number of aromatic amines is 1. The molecule has 0 saturated heterocycles. The molecule has 4 nitrogen and oxygen atoms in total. The summed E-state index contributed by atoms with van der Waals surface area (Å²) < 4.78 is 0. The highest BCUT2D eigenvalue weighted by atomic mass is 16.1. The van der Waals surface area contributed by atoms with Gasteiger partial charge in [0.25, 0.3) is 5.56 Å². The molecule has 0 atom stereocenters. The van der Waals surface area contributed by atoms with E-state index in [1.807, 2.05) is 6.92 Å². The zero-order chi connectivity index (χ0) is 14.0. The highest BCUT2D eigenvalue weighted by molar-refractivity contribution is 5.34. The molecule has 1 aromatic carbocycles. The fraction of sp³-hybridized carbons (Fsp3) is 0.333. The minimum atomic E-state index is -0.0879. The molecule has 0 bridgehead atoms. The zero-order valence-electron chi connectivity index (χ0n) is 11.8. The third-order valence-corrected chi connectivity index (χ3v) is 3.43. The van der Waals surface area contributed by atoms with Crippen LogP contribution in [0.2, 0.25) is 0 Å². The summed E-state index contributed by atoms with van der Waals surface area (Å²) in [6, 6.07) is 6.32. The molecule has 0 aliphatic carbocycles. The van der Waals surface area contributed by atoms with Gasteiger partial charge in [-0.3, -0.25) is 9.78 Å². The minimum Gasteiger partial charge on any atom is -0.352 e. The van der Waals surface area contributed by atoms with E-state index in [0.717, 1.165) is 5.69 Å². The fourth-order valence-electron chi connectivity index (χ4n) is 1.83. The summed E-state index contributed by atoms with van der Waals surface area (Å²) in [6.07, 6.45) is 0. The predicted octanol–water partition coefficient (Wildman–Crippen LogP) is 2.62. The van der Waals surface area contributed by atoms with Crippen molar-refractivity contribution in [3.63, 3.8) is 0 Å². The summed E-state index contributed by atoms with van der Waals surface area (Å²) in [7, 11) is 0. The average Bonchev–Trinajstić information content (AvgIpc) is 2.37. The van der Waals surface area contributed by atoms with Crippen LogP contribution in [0.1, 0.15) is 27.9 Å². The Hall–Kier alpha value is -2.10. The Morgan fingerprint density at radius 2 is 1.89 bits per heavy atom. The Morgan fingerprint density at radius 3 is 2.53 bits per heavy atom. The first-order valence-electron chi connectivity index (χ1n) is 6.35. The maximum Gasteiger partial charge on any atom is 0.255 e. The van der Waals surface area contributed by atoms with Crippen LogP contribution in [-0.2, 0) is 6.54 Å². The van der Waals surface area contributed by atoms with Gasteiger partial charge in [-0.2, -0.15) is 0 Å². The smallest absolute Gasteiger partial charge is 0.255 e. The van der Waals surface area contributed by atoms with Gasteiger partial charge in [0.15, 0.2) is 0 Å². The minimum absolute atomic E-state index is 0.0879. The van der Waals surface area contributed by atoms with Crippen molar-refractivity contribution in [2.75, 3.05) is 5.32 Å². The highest BCUT2D eigenvalue weighted by Crippen LogP contribution is 2.11. The molecule has 0 aliphatic rings. The number of H-pyrrole nitrogens is 1. The van der Waals surface area contributed by atoms with Gasteiger partial charge in [-0.15, -0.1) is 0 Å². The van der Waals surface area contributed by atoms with E-state index >= 15 is 0 Å². The second-order valence-electron chi connectivity index (χ2n) is 4.90. The van der Waals surface area contributed by atoms with Gasteiger partial charge in [-0.25, -0.2) is 4.98 Å². The second kappa shape index (κ2) is 5.26. The molecule has 1 heterocycles. The van der Waals surface area contributed by atoms with Gasteiger partial charge >= 0.3 is 0 Å². The van der Waals surface area contributed by atoms with Crippen LogP contribution in [0.4, 0.5) is 5.95 Å². The molecule has 2 rings (SSSR count). The molecule has 0 radical (unpaired) electrons. The Bertz CT molecular complexity index is 659. The Balaban J connectivity index is 2.14. The van der Waals surface area contributed by atoms with Crippen molar-refractivity contribution in [1.29, 1.82) is 0 Å². The van der Waals surface area contributed by atoms with Crippen LogP contribution in [0.15, 0.2) is 23.0 Å². The van der Waals surface area contributed by atoms with Gasteiger partial charge in [-0.1, -0.05) is 18.2 Å². The van der Waals surface area contributed by atoms with Crippen molar-refractivity contribution < 1.29 is 0 Å². The van der Waals surface area contributed by atoms with Gasteiger partial charge in [0.05, 0.1) is 0 Å². The molecule has 0 spiro atoms. The van der Waals surface area contributed by atoms with Gasteiger partial charge in [0, 0.05) is 17.8 Å². The van der Waals surface area contributed by atoms with Crippen LogP contribution in [0, 0.1) is 27.7 Å². The lowest BCUT2D eigenvalue weighted by Gasteiger charge is -2.09. The molecule has 4 heteroatoms. The molecule has 2 aromatic rings. The number of aryl methyl sites for hydroxylation is 3. The number of anilines is 1. The number of nitrogens with one attached hydrogen (secondary N) is 2. The van der Waals surface area contributed by atoms with Crippen LogP contribution < -0.4 is 10.9 Å². The summed E-state index contributed by atoms with van der Waals surface area (Å²) in [6.45, 7) is 8.44. The van der Waals surface area contributed by atoms with Crippen molar-refractivity contribution in [3.8, 4) is 0 Å². The Kier molecular flexibility index (Phi) is 3.69. The first-order chi connectivity index (χ1) is 8.97. The number of nitrogens with zero attached hydrogens (tertiary/aromatic N) is 1. The molecule has 0 aliphatic heterocycles. The maximum atomic E-state index is 11.6. The molecule has 0 amide bonds. The van der Waals surface area contributed by atoms with Crippen molar-refractivity contribution in [2.45, 2.75) is 34.2 Å². The SMILES string of the molecule is Cc1ccc(CNc2nc(C)c(C)c(=O)[nH]2)cc1C. The lowest BCUT2D eigenvalue weighted by Crippen LogP contribution is -2.16. The van der Waals surface area contributed by atoms with Crippen LogP contribution >= 0.6 is 0 Å². The van der Waals surface area contributed by atoms with E-state index in [4.69, 9.17) is 0 Å². The monoisotopic (exact) mass is 257 g/mol. The molecule has 0 fully saturated rings. The van der Waals surface area contributed by atoms with E-state index in [-0.39, 0.29) is 5.56 Å². The fourth-order valence-corrected chi connectivity index (χ4v) is 1.83. The van der Waals surface area contributed by atoms with Crippen LogP contribution in [0.5, 0.6) is 0 Å². The van der Waals surface area contributed by atoms with E-state index < -0.39 is 0 Å². The van der Waals surface area contributed by atoms with Crippen LogP contribution in [-0.4, -0.2) is 9.97 Å². The summed E-state index contributed by atoms with van der Waals surface area (Å²) in [5.41, 5.74) is 5.05. The van der Waals surface area contributed by atoms with Gasteiger partial charge in [0.2, 0.25) is 5.95 Å². The second-order valence-corrected chi connectivity index (χ2v) is 4.90. The molecule has 100 valence electrons. The first kappa shape index (κ1) is 13.3. The average molecular weight is 257 g/mol. The number of hydrogen-bond donors (Lipinski definition) is 2. The predicted molar refractivity (Wildman–Crippen MR) is 77.6 cm³/mol. The maximum absolute atomic E-state index is 11.6. The van der Waals surface area contributed by atoms with Crippen molar-refractivity contribution >= 4 is 5.95 Å². The summed E-state index contributed by atoms with van der Waals surface area (Å²) in [5, 5.41) is 3.15. The molecular formula is C15H19N3O. The molecular weight excluding hydrogens is 238 g/mol. The summed E-state index contributed by atoms with van der Waals surface area (Å²) in [5.74, 6) is 0.520. The highest BCUT2D eigenvalue weighted by Gasteiger charge is 2.03. The van der Waals surface area contributed by atoms with Crippen LogP contribution in [0.25, 0.3) is 0 Å². The molecule has 1 aromatic heterocycles. The molecule has 2 N–H and O–H groups in total. The van der Waals surface area contributed by atoms with Crippen LogP contribution in [0.3, 0.4) is 0 Å². The largest absolute Gasteiger partial charge is 0.352 e. The third-order valence-electron chi connectivity index (χ3n) is 3.43. The zero-order valence-corrected chi connectivity index (χ0v) is 11.8. The normalized spacial score (nSPS) is 10.5. The number of rotatable bonds is 3. The van der Waals surface area contributed by atoms with Gasteiger partial charge in [0.1, 0.15) is 0 Å². The van der Waals surface area contributed by atoms with E-state index in [1.54, 1.807) is 6.92 Å². The van der Waals surface area contributed by atoms with E-state index in [9.17, 15) is 4.79 Å². The number of hydrogen-bond acceptors (Lipinski definition) is 3. The van der Waals surface area contributed by atoms with Gasteiger partial charge < -0.3 is 5.32 Å². The molecule has 0 unspecified atom stereocenters. The van der Waals surface area contributed by atoms with E-state index in [2.05, 4.69) is 47.3 Å². The number of benzene rings is 1. The Labute approximate surface area is 112 Å². The topological polar surface area (TPSA) is 57.8 Å². The molecule has 19 heavy (non-hydrogen) atoms. The van der Waals surface area contributed by atoms with E-state index in [0.29, 0.717) is 18.1 Å². The number of aromatic nitrogens is 2. The lowest BCUT2D eigenvalue weighted by atomic mass is 10.1. The lowest BCUT2D eigenvalue weighted by molar-refractivity contribution is 0.983. The quantitative estimate of drug-likeness (QED) is 0.888. The van der Waals surface area contributed by atoms with Crippen molar-refractivity contribution in [2.24, 2.45) is 0 Å². The standard InChI is InChI=1S/C15H19N3O/c1-9-5-6-13(7-10(9)2)8-16-15-17-12(4)11(3)14(19)18-15/h5-7H,8H2,1-4H3,(H2,16,17,18,19). The first-order valence-corrected chi connectivity index (χ1v) is 6.35. The van der Waals surface area contributed by atoms with Crippen molar-refractivity contribution in [3.05, 3.63) is 56.5 Å². The van der Waals surface area contributed by atoms with Gasteiger partial charge in [-0.05, 0) is 44.4 Å². The summed E-state index contributed by atoms with van der Waals surface area (Å²) in [4.78, 5) is 18.7. The van der Waals surface area contributed by atoms with E-state index in [1.165, 1.54) is 16.7 Å².